The predicted octanol–water partition coefficient (Wildman–Crippen LogP) is 3.74. The summed E-state index contributed by atoms with van der Waals surface area (Å²) in [5.74, 6) is -0.634. The van der Waals surface area contributed by atoms with Crippen LogP contribution in [0.3, 0.4) is 0 Å². The lowest BCUT2D eigenvalue weighted by Gasteiger charge is -2.18. The van der Waals surface area contributed by atoms with E-state index < -0.39 is 5.97 Å². The van der Waals surface area contributed by atoms with Crippen molar-refractivity contribution in [1.29, 1.82) is 0 Å². The third kappa shape index (κ3) is 3.48. The lowest BCUT2D eigenvalue weighted by molar-refractivity contribution is 0.0702. The van der Waals surface area contributed by atoms with Crippen LogP contribution in [0.1, 0.15) is 43.8 Å². The van der Waals surface area contributed by atoms with Crippen LogP contribution in [0.4, 0.5) is 0 Å². The van der Waals surface area contributed by atoms with Gasteiger partial charge in [0.25, 0.3) is 5.91 Å². The number of carboxylic acid groups (broad SMARTS) is 1. The van der Waals surface area contributed by atoms with Gasteiger partial charge < -0.3 is 15.2 Å². The monoisotopic (exact) mass is 351 g/mol. The molecule has 2 heterocycles. The van der Waals surface area contributed by atoms with Gasteiger partial charge >= 0.3 is 5.97 Å². The number of hydrogen-bond donors (Lipinski definition) is 2. The number of carbonyl (C=O) groups excluding carboxylic acids is 1. The zero-order valence-electron chi connectivity index (χ0n) is 12.0. The summed E-state index contributed by atoms with van der Waals surface area (Å²) in [7, 11) is 0. The van der Waals surface area contributed by atoms with Gasteiger partial charge in [-0.15, -0.1) is 11.3 Å². The van der Waals surface area contributed by atoms with E-state index in [1.807, 2.05) is 6.07 Å². The first-order valence-electron chi connectivity index (χ1n) is 7.11. The van der Waals surface area contributed by atoms with E-state index in [1.165, 1.54) is 12.1 Å². The van der Waals surface area contributed by atoms with Crippen molar-refractivity contribution in [2.24, 2.45) is 0 Å². The van der Waals surface area contributed by atoms with E-state index in [0.29, 0.717) is 22.3 Å². The number of carboxylic acids is 1. The zero-order valence-corrected chi connectivity index (χ0v) is 13.6. The van der Waals surface area contributed by atoms with E-state index in [0.717, 1.165) is 29.7 Å². The molecule has 1 aliphatic rings. The van der Waals surface area contributed by atoms with Crippen molar-refractivity contribution in [3.8, 4) is 5.75 Å². The van der Waals surface area contributed by atoms with Crippen LogP contribution in [0.25, 0.3) is 0 Å². The van der Waals surface area contributed by atoms with E-state index in [2.05, 4.69) is 5.32 Å². The molecule has 0 radical (unpaired) electrons. The van der Waals surface area contributed by atoms with Gasteiger partial charge in [0.1, 0.15) is 10.6 Å². The van der Waals surface area contributed by atoms with Gasteiger partial charge in [-0.3, -0.25) is 4.79 Å². The van der Waals surface area contributed by atoms with Gasteiger partial charge in [-0.25, -0.2) is 4.79 Å². The summed E-state index contributed by atoms with van der Waals surface area (Å²) in [6.45, 7) is 0.571. The maximum Gasteiger partial charge on any atom is 0.345 e. The molecule has 120 valence electrons. The van der Waals surface area contributed by atoms with E-state index in [9.17, 15) is 9.59 Å². The largest absolute Gasteiger partial charge is 0.493 e. The molecule has 1 amide bonds. The Kier molecular flexibility index (Phi) is 4.54. The minimum atomic E-state index is -1.03. The lowest BCUT2D eigenvalue weighted by Crippen LogP contribution is -2.27. The van der Waals surface area contributed by atoms with Gasteiger partial charge in [0.15, 0.2) is 0 Å². The van der Waals surface area contributed by atoms with Crippen LogP contribution in [-0.4, -0.2) is 23.6 Å². The van der Waals surface area contributed by atoms with E-state index in [-0.39, 0.29) is 16.8 Å². The molecule has 0 fully saturated rings. The molecule has 0 spiro atoms. The van der Waals surface area contributed by atoms with Gasteiger partial charge in [0, 0.05) is 10.6 Å². The molecule has 7 heteroatoms. The Bertz CT molecular complexity index is 758. The Morgan fingerprint density at radius 2 is 2.04 bits per heavy atom. The van der Waals surface area contributed by atoms with Crippen LogP contribution < -0.4 is 10.1 Å². The van der Waals surface area contributed by atoms with Gasteiger partial charge in [-0.05, 0) is 37.1 Å². The molecule has 2 N–H and O–H groups in total. The van der Waals surface area contributed by atoms with Crippen molar-refractivity contribution in [3.63, 3.8) is 0 Å². The molecule has 0 saturated carbocycles. The number of hydrogen-bond acceptors (Lipinski definition) is 4. The first kappa shape index (κ1) is 15.8. The number of carbonyl (C=O) groups is 2. The highest BCUT2D eigenvalue weighted by Crippen LogP contribution is 2.34. The number of thiophene rings is 1. The number of amides is 1. The van der Waals surface area contributed by atoms with Crippen molar-refractivity contribution in [1.82, 2.24) is 5.32 Å². The average molecular weight is 352 g/mol. The van der Waals surface area contributed by atoms with E-state index in [4.69, 9.17) is 21.4 Å². The van der Waals surface area contributed by atoms with Gasteiger partial charge in [0.2, 0.25) is 0 Å². The van der Waals surface area contributed by atoms with Crippen molar-refractivity contribution < 1.29 is 19.4 Å². The Morgan fingerprint density at radius 3 is 2.78 bits per heavy atom. The van der Waals surface area contributed by atoms with Crippen LogP contribution >= 0.6 is 22.9 Å². The topological polar surface area (TPSA) is 75.6 Å². The first-order chi connectivity index (χ1) is 11.0. The second-order valence-electron chi connectivity index (χ2n) is 5.17. The van der Waals surface area contributed by atoms with Crippen molar-refractivity contribution in [3.05, 3.63) is 50.7 Å². The molecule has 3 rings (SSSR count). The smallest absolute Gasteiger partial charge is 0.345 e. The summed E-state index contributed by atoms with van der Waals surface area (Å²) in [6, 6.07) is 8.14. The van der Waals surface area contributed by atoms with Crippen molar-refractivity contribution in [2.75, 3.05) is 6.61 Å². The molecule has 0 bridgehead atoms. The molecular formula is C16H14ClNO4S. The molecule has 1 aliphatic heterocycles. The third-order valence-electron chi connectivity index (χ3n) is 3.59. The maximum atomic E-state index is 12.4. The lowest BCUT2D eigenvalue weighted by atomic mass is 10.0. The molecule has 1 aromatic carbocycles. The number of benzene rings is 1. The molecule has 5 nitrogen and oxygen atoms in total. The summed E-state index contributed by atoms with van der Waals surface area (Å²) >= 11 is 6.95. The maximum absolute atomic E-state index is 12.4. The van der Waals surface area contributed by atoms with Crippen LogP contribution in [0.15, 0.2) is 30.3 Å². The molecule has 1 unspecified atom stereocenters. The van der Waals surface area contributed by atoms with Gasteiger partial charge in [-0.1, -0.05) is 17.7 Å². The van der Waals surface area contributed by atoms with Crippen LogP contribution in [-0.2, 0) is 0 Å². The average Bonchev–Trinajstić information content (AvgIpc) is 2.93. The first-order valence-corrected chi connectivity index (χ1v) is 8.30. The number of aromatic carboxylic acids is 1. The fourth-order valence-corrected chi connectivity index (χ4v) is 3.41. The Labute approximate surface area is 141 Å². The second kappa shape index (κ2) is 6.60. The molecular weight excluding hydrogens is 338 g/mol. The molecule has 0 saturated heterocycles. The summed E-state index contributed by atoms with van der Waals surface area (Å²) < 4.78 is 5.67. The molecule has 1 atom stereocenters. The van der Waals surface area contributed by atoms with Crippen molar-refractivity contribution >= 4 is 34.8 Å². The van der Waals surface area contributed by atoms with E-state index in [1.54, 1.807) is 12.1 Å². The highest BCUT2D eigenvalue weighted by atomic mass is 35.5. The highest BCUT2D eigenvalue weighted by Gasteiger charge is 2.23. The minimum Gasteiger partial charge on any atom is -0.493 e. The zero-order chi connectivity index (χ0) is 16.4. The number of ether oxygens (including phenoxy) is 1. The standard InChI is InChI=1S/C16H14ClNO4S/c17-9-3-4-10-11(2-1-7-22-12(10)8-9)18-15(19)13-5-6-14(23-13)16(20)21/h3-6,8,11H,1-2,7H2,(H,18,19)(H,20,21). The Hall–Kier alpha value is -2.05. The predicted molar refractivity (Wildman–Crippen MR) is 87.7 cm³/mol. The third-order valence-corrected chi connectivity index (χ3v) is 4.90. The number of halogens is 1. The fraction of sp³-hybridized carbons (Fsp3) is 0.250. The summed E-state index contributed by atoms with van der Waals surface area (Å²) in [5, 5.41) is 12.5. The van der Waals surface area contributed by atoms with Gasteiger partial charge in [0.05, 0.1) is 17.5 Å². The van der Waals surface area contributed by atoms with Crippen LogP contribution in [0.2, 0.25) is 5.02 Å². The van der Waals surface area contributed by atoms with Crippen LogP contribution in [0, 0.1) is 0 Å². The Balaban J connectivity index is 1.81. The van der Waals surface area contributed by atoms with Crippen LogP contribution in [0.5, 0.6) is 5.75 Å². The Morgan fingerprint density at radius 1 is 1.26 bits per heavy atom. The van der Waals surface area contributed by atoms with Crippen molar-refractivity contribution in [2.45, 2.75) is 18.9 Å². The summed E-state index contributed by atoms with van der Waals surface area (Å²) in [5.41, 5.74) is 0.885. The number of rotatable bonds is 3. The fourth-order valence-electron chi connectivity index (χ4n) is 2.50. The molecule has 0 aliphatic carbocycles. The summed E-state index contributed by atoms with van der Waals surface area (Å²) in [6.07, 6.45) is 1.56. The molecule has 1 aromatic heterocycles. The quantitative estimate of drug-likeness (QED) is 0.883. The number of nitrogens with one attached hydrogen (secondary N) is 1. The SMILES string of the molecule is O=C(O)c1ccc(C(=O)NC2CCCOc3cc(Cl)ccc32)s1. The number of fused-ring (bicyclic) bond motifs is 1. The van der Waals surface area contributed by atoms with Gasteiger partial charge in [-0.2, -0.15) is 0 Å². The second-order valence-corrected chi connectivity index (χ2v) is 6.69. The van der Waals surface area contributed by atoms with E-state index >= 15 is 0 Å². The normalized spacial score (nSPS) is 16.8. The summed E-state index contributed by atoms with van der Waals surface area (Å²) in [4.78, 5) is 23.8. The minimum absolute atomic E-state index is 0.145. The highest BCUT2D eigenvalue weighted by molar-refractivity contribution is 7.15. The molecule has 2 aromatic rings. The molecule has 23 heavy (non-hydrogen) atoms.